The van der Waals surface area contributed by atoms with Gasteiger partial charge in [0.05, 0.1) is 6.10 Å². The number of halogens is 3. The zero-order chi connectivity index (χ0) is 10.5. The third-order valence-corrected chi connectivity index (χ3v) is 0.909. The Labute approximate surface area is 72.7 Å². The van der Waals surface area contributed by atoms with Crippen LogP contribution in [0.15, 0.2) is 0 Å². The Hall–Kier alpha value is -0.980. The minimum atomic E-state index is -4.53. The molecule has 2 N–H and O–H groups in total. The highest BCUT2D eigenvalue weighted by Gasteiger charge is 2.29. The highest BCUT2D eigenvalue weighted by atomic mass is 19.4. The van der Waals surface area contributed by atoms with Crippen LogP contribution >= 0.6 is 0 Å². The maximum Gasteiger partial charge on any atom is 0.422 e. The summed E-state index contributed by atoms with van der Waals surface area (Å²) in [6.07, 6.45) is -6.54. The van der Waals surface area contributed by atoms with Crippen LogP contribution in [0.3, 0.4) is 0 Å². The first-order valence-corrected chi connectivity index (χ1v) is 3.46. The normalized spacial score (nSPS) is 13.6. The van der Waals surface area contributed by atoms with E-state index in [4.69, 9.17) is 5.11 Å². The van der Waals surface area contributed by atoms with Gasteiger partial charge in [0.1, 0.15) is 0 Å². The number of alkyl carbamates (subject to hydrolysis) is 1. The van der Waals surface area contributed by atoms with E-state index in [9.17, 15) is 18.0 Å². The minimum Gasteiger partial charge on any atom is -0.440 e. The number of amides is 1. The molecule has 0 bridgehead atoms. The van der Waals surface area contributed by atoms with E-state index in [1.165, 1.54) is 6.92 Å². The molecule has 0 unspecified atom stereocenters. The number of hydrogen-bond acceptors (Lipinski definition) is 3. The molecule has 0 aliphatic heterocycles. The number of alkyl halides is 3. The van der Waals surface area contributed by atoms with Gasteiger partial charge in [0.15, 0.2) is 6.61 Å². The van der Waals surface area contributed by atoms with Gasteiger partial charge in [-0.3, -0.25) is 0 Å². The quantitative estimate of drug-likeness (QED) is 0.705. The predicted molar refractivity (Wildman–Crippen MR) is 37.1 cm³/mol. The van der Waals surface area contributed by atoms with Crippen molar-refractivity contribution in [2.45, 2.75) is 19.2 Å². The van der Waals surface area contributed by atoms with Gasteiger partial charge < -0.3 is 15.2 Å². The number of ether oxygens (including phenoxy) is 1. The molecule has 0 heterocycles. The second-order valence-corrected chi connectivity index (χ2v) is 2.42. The Morgan fingerprint density at radius 3 is 2.54 bits per heavy atom. The van der Waals surface area contributed by atoms with Crippen molar-refractivity contribution in [2.24, 2.45) is 0 Å². The van der Waals surface area contributed by atoms with Crippen molar-refractivity contribution in [1.29, 1.82) is 0 Å². The lowest BCUT2D eigenvalue weighted by Gasteiger charge is -2.09. The van der Waals surface area contributed by atoms with Gasteiger partial charge in [-0.05, 0) is 6.92 Å². The maximum atomic E-state index is 11.5. The molecule has 1 atom stereocenters. The zero-order valence-electron chi connectivity index (χ0n) is 6.89. The van der Waals surface area contributed by atoms with Crippen LogP contribution in [0.5, 0.6) is 0 Å². The third-order valence-electron chi connectivity index (χ3n) is 0.909. The molecule has 1 amide bonds. The van der Waals surface area contributed by atoms with E-state index in [2.05, 4.69) is 4.74 Å². The molecule has 0 aromatic heterocycles. The fourth-order valence-corrected chi connectivity index (χ4v) is 0.429. The monoisotopic (exact) mass is 201 g/mol. The van der Waals surface area contributed by atoms with E-state index in [1.807, 2.05) is 5.32 Å². The van der Waals surface area contributed by atoms with Gasteiger partial charge in [-0.15, -0.1) is 0 Å². The summed E-state index contributed by atoms with van der Waals surface area (Å²) in [5, 5.41) is 10.6. The van der Waals surface area contributed by atoms with Gasteiger partial charge in [0.25, 0.3) is 0 Å². The van der Waals surface area contributed by atoms with Crippen molar-refractivity contribution in [3.05, 3.63) is 0 Å². The van der Waals surface area contributed by atoms with E-state index < -0.39 is 25.0 Å². The van der Waals surface area contributed by atoms with Gasteiger partial charge in [-0.1, -0.05) is 0 Å². The van der Waals surface area contributed by atoms with Crippen LogP contribution in [0, 0.1) is 0 Å². The molecule has 0 fully saturated rings. The fourth-order valence-electron chi connectivity index (χ4n) is 0.429. The van der Waals surface area contributed by atoms with E-state index in [1.54, 1.807) is 0 Å². The summed E-state index contributed by atoms with van der Waals surface area (Å²) in [4.78, 5) is 10.4. The number of rotatable bonds is 3. The molecular formula is C6H10F3NO3. The molecule has 0 aliphatic carbocycles. The Morgan fingerprint density at radius 2 is 2.15 bits per heavy atom. The molecule has 0 spiro atoms. The fraction of sp³-hybridized carbons (Fsp3) is 0.833. The highest BCUT2D eigenvalue weighted by molar-refractivity contribution is 5.67. The minimum absolute atomic E-state index is 0.142. The van der Waals surface area contributed by atoms with E-state index in [0.717, 1.165) is 0 Å². The number of aliphatic hydroxyl groups is 1. The maximum absolute atomic E-state index is 11.5. The summed E-state index contributed by atoms with van der Waals surface area (Å²) in [7, 11) is 0. The Balaban J connectivity index is 3.53. The second-order valence-electron chi connectivity index (χ2n) is 2.42. The summed E-state index contributed by atoms with van der Waals surface area (Å²) >= 11 is 0. The molecule has 0 rings (SSSR count). The average molecular weight is 201 g/mol. The first-order chi connectivity index (χ1) is 5.81. The van der Waals surface area contributed by atoms with Crippen molar-refractivity contribution in [3.63, 3.8) is 0 Å². The topological polar surface area (TPSA) is 58.6 Å². The van der Waals surface area contributed by atoms with Crippen molar-refractivity contribution >= 4 is 6.09 Å². The van der Waals surface area contributed by atoms with Crippen LogP contribution in [0.4, 0.5) is 18.0 Å². The molecule has 78 valence electrons. The second kappa shape index (κ2) is 4.90. The number of carbonyl (C=O) groups is 1. The summed E-state index contributed by atoms with van der Waals surface area (Å²) < 4.78 is 38.2. The average Bonchev–Trinajstić information content (AvgIpc) is 1.95. The Kier molecular flexibility index (Phi) is 4.53. The first-order valence-electron chi connectivity index (χ1n) is 3.46. The summed E-state index contributed by atoms with van der Waals surface area (Å²) in [5.41, 5.74) is 0. The van der Waals surface area contributed by atoms with Crippen LogP contribution in [0.25, 0.3) is 0 Å². The third kappa shape index (κ3) is 8.93. The molecule has 0 aliphatic rings. The van der Waals surface area contributed by atoms with Crippen LogP contribution in [-0.2, 0) is 4.74 Å². The van der Waals surface area contributed by atoms with Crippen molar-refractivity contribution in [2.75, 3.05) is 13.2 Å². The molecule has 0 saturated carbocycles. The molecule has 0 aromatic rings. The van der Waals surface area contributed by atoms with Gasteiger partial charge >= 0.3 is 12.3 Å². The van der Waals surface area contributed by atoms with Crippen molar-refractivity contribution < 1.29 is 27.8 Å². The summed E-state index contributed by atoms with van der Waals surface area (Å²) in [5.74, 6) is 0. The van der Waals surface area contributed by atoms with Gasteiger partial charge in [-0.25, -0.2) is 4.79 Å². The lowest BCUT2D eigenvalue weighted by molar-refractivity contribution is -0.160. The van der Waals surface area contributed by atoms with Crippen LogP contribution in [0.1, 0.15) is 6.92 Å². The van der Waals surface area contributed by atoms with Crippen LogP contribution < -0.4 is 5.32 Å². The summed E-state index contributed by atoms with van der Waals surface area (Å²) in [6, 6.07) is 0. The standard InChI is InChI=1S/C6H10F3NO3/c1-4(11)2-10-5(12)13-3-6(7,8)9/h4,11H,2-3H2,1H3,(H,10,12)/t4-/m0/s1. The molecular weight excluding hydrogens is 191 g/mol. The predicted octanol–water partition coefficient (Wildman–Crippen LogP) is 0.656. The zero-order valence-corrected chi connectivity index (χ0v) is 6.89. The van der Waals surface area contributed by atoms with Crippen molar-refractivity contribution in [3.8, 4) is 0 Å². The number of carbonyl (C=O) groups excluding carboxylic acids is 1. The van der Waals surface area contributed by atoms with Gasteiger partial charge in [0, 0.05) is 6.54 Å². The molecule has 7 heteroatoms. The number of hydrogen-bond donors (Lipinski definition) is 2. The molecule has 0 saturated heterocycles. The Bertz CT molecular complexity index is 169. The molecule has 0 radical (unpaired) electrons. The SMILES string of the molecule is C[C@H](O)CNC(=O)OCC(F)(F)F. The molecule has 13 heavy (non-hydrogen) atoms. The lowest BCUT2D eigenvalue weighted by atomic mass is 10.4. The van der Waals surface area contributed by atoms with Crippen LogP contribution in [-0.4, -0.2) is 36.6 Å². The van der Waals surface area contributed by atoms with E-state index >= 15 is 0 Å². The largest absolute Gasteiger partial charge is 0.440 e. The lowest BCUT2D eigenvalue weighted by Crippen LogP contribution is -2.33. The first kappa shape index (κ1) is 12.0. The number of nitrogens with one attached hydrogen (secondary N) is 1. The van der Waals surface area contributed by atoms with Gasteiger partial charge in [-0.2, -0.15) is 13.2 Å². The summed E-state index contributed by atoms with van der Waals surface area (Å²) in [6.45, 7) is -0.390. The molecule has 4 nitrogen and oxygen atoms in total. The Morgan fingerprint density at radius 1 is 1.62 bits per heavy atom. The van der Waals surface area contributed by atoms with E-state index in [-0.39, 0.29) is 6.54 Å². The van der Waals surface area contributed by atoms with E-state index in [0.29, 0.717) is 0 Å². The van der Waals surface area contributed by atoms with Crippen molar-refractivity contribution in [1.82, 2.24) is 5.32 Å². The highest BCUT2D eigenvalue weighted by Crippen LogP contribution is 2.14. The molecule has 0 aromatic carbocycles. The number of aliphatic hydroxyl groups excluding tert-OH is 1. The van der Waals surface area contributed by atoms with Crippen LogP contribution in [0.2, 0.25) is 0 Å². The van der Waals surface area contributed by atoms with Gasteiger partial charge in [0.2, 0.25) is 0 Å². The smallest absolute Gasteiger partial charge is 0.422 e.